The molecule has 9 heteroatoms. The van der Waals surface area contributed by atoms with Crippen LogP contribution in [-0.2, 0) is 11.4 Å². The Balaban J connectivity index is 1.52. The van der Waals surface area contributed by atoms with Gasteiger partial charge in [-0.15, -0.1) is 10.2 Å². The molecule has 1 aromatic heterocycles. The van der Waals surface area contributed by atoms with Crippen LogP contribution >= 0.6 is 27.7 Å². The average molecular weight is 546 g/mol. The Bertz CT molecular complexity index is 1060. The van der Waals surface area contributed by atoms with Gasteiger partial charge >= 0.3 is 0 Å². The molecule has 1 fully saturated rings. The molecule has 0 bridgehead atoms. The lowest BCUT2D eigenvalue weighted by atomic mass is 10.2. The molecule has 34 heavy (non-hydrogen) atoms. The largest absolute Gasteiger partial charge is 0.494 e. The lowest BCUT2D eigenvalue weighted by Gasteiger charge is -2.20. The van der Waals surface area contributed by atoms with Crippen molar-refractivity contribution in [3.8, 4) is 17.2 Å². The third-order valence-corrected chi connectivity index (χ3v) is 7.01. The van der Waals surface area contributed by atoms with Crippen LogP contribution in [0.2, 0.25) is 0 Å². The summed E-state index contributed by atoms with van der Waals surface area (Å²) in [5, 5.41) is 9.46. The second kappa shape index (κ2) is 12.3. The van der Waals surface area contributed by atoms with Crippen molar-refractivity contribution < 1.29 is 14.3 Å². The van der Waals surface area contributed by atoms with Crippen LogP contribution in [0.25, 0.3) is 5.69 Å². The minimum absolute atomic E-state index is 0.154. The Morgan fingerprint density at radius 1 is 0.941 bits per heavy atom. The van der Waals surface area contributed by atoms with Crippen LogP contribution in [0.5, 0.6) is 11.5 Å². The van der Waals surface area contributed by atoms with Gasteiger partial charge in [-0.2, -0.15) is 0 Å². The zero-order valence-electron chi connectivity index (χ0n) is 19.3. The number of hydrogen-bond donors (Lipinski definition) is 0. The average Bonchev–Trinajstić information content (AvgIpc) is 3.06. The predicted octanol–water partition coefficient (Wildman–Crippen LogP) is 5.50. The van der Waals surface area contributed by atoms with Crippen molar-refractivity contribution in [3.05, 3.63) is 58.8 Å². The highest BCUT2D eigenvalue weighted by Crippen LogP contribution is 2.26. The van der Waals surface area contributed by atoms with Gasteiger partial charge in [0.25, 0.3) is 0 Å². The number of hydrogen-bond acceptors (Lipinski definition) is 6. The van der Waals surface area contributed by atoms with Crippen molar-refractivity contribution in [2.75, 3.05) is 25.4 Å². The second-order valence-electron chi connectivity index (χ2n) is 7.99. The number of thioether (sulfide) groups is 1. The zero-order valence-corrected chi connectivity index (χ0v) is 21.7. The summed E-state index contributed by atoms with van der Waals surface area (Å²) in [6, 6.07) is 15.5. The van der Waals surface area contributed by atoms with Gasteiger partial charge in [0.05, 0.1) is 12.4 Å². The van der Waals surface area contributed by atoms with E-state index in [0.717, 1.165) is 47.6 Å². The molecule has 2 heterocycles. The minimum Gasteiger partial charge on any atom is -0.494 e. The molecular formula is C25H29BrN4O3S. The number of carbonyl (C=O) groups is 1. The van der Waals surface area contributed by atoms with Gasteiger partial charge in [0, 0.05) is 23.2 Å². The number of halogens is 1. The van der Waals surface area contributed by atoms with E-state index >= 15 is 0 Å². The highest BCUT2D eigenvalue weighted by molar-refractivity contribution is 9.10. The molecule has 0 unspecified atom stereocenters. The van der Waals surface area contributed by atoms with Gasteiger partial charge in [-0.25, -0.2) is 0 Å². The fraction of sp³-hybridized carbons (Fsp3) is 0.400. The highest BCUT2D eigenvalue weighted by Gasteiger charge is 2.20. The lowest BCUT2D eigenvalue weighted by Crippen LogP contribution is -2.33. The fourth-order valence-electron chi connectivity index (χ4n) is 3.82. The van der Waals surface area contributed by atoms with Gasteiger partial charge in [-0.3, -0.25) is 9.36 Å². The number of benzene rings is 2. The number of aromatic nitrogens is 3. The molecule has 1 aliphatic rings. The summed E-state index contributed by atoms with van der Waals surface area (Å²) in [4.78, 5) is 14.8. The molecule has 4 rings (SSSR count). The van der Waals surface area contributed by atoms with Crippen LogP contribution in [0.4, 0.5) is 0 Å². The topological polar surface area (TPSA) is 69.5 Å². The Labute approximate surface area is 213 Å². The number of rotatable bonds is 9. The van der Waals surface area contributed by atoms with E-state index in [0.29, 0.717) is 23.3 Å². The predicted molar refractivity (Wildman–Crippen MR) is 137 cm³/mol. The first-order valence-electron chi connectivity index (χ1n) is 11.6. The van der Waals surface area contributed by atoms with E-state index in [1.165, 1.54) is 24.6 Å². The van der Waals surface area contributed by atoms with E-state index in [1.54, 1.807) is 0 Å². The van der Waals surface area contributed by atoms with E-state index in [-0.39, 0.29) is 12.5 Å². The summed E-state index contributed by atoms with van der Waals surface area (Å²) >= 11 is 4.85. The van der Waals surface area contributed by atoms with Crippen LogP contribution in [0.15, 0.2) is 58.2 Å². The maximum Gasteiger partial charge on any atom is 0.233 e. The van der Waals surface area contributed by atoms with Crippen molar-refractivity contribution in [1.29, 1.82) is 0 Å². The first-order valence-corrected chi connectivity index (χ1v) is 13.4. The molecular weight excluding hydrogens is 516 g/mol. The molecule has 180 valence electrons. The van der Waals surface area contributed by atoms with E-state index in [2.05, 4.69) is 26.1 Å². The highest BCUT2D eigenvalue weighted by atomic mass is 79.9. The Morgan fingerprint density at radius 2 is 1.59 bits per heavy atom. The van der Waals surface area contributed by atoms with Crippen molar-refractivity contribution in [3.63, 3.8) is 0 Å². The standard InChI is InChI=1S/C25H29BrN4O3S/c1-2-32-21-13-9-20(10-14-21)30-23(17-33-22-11-7-19(26)8-12-22)27-28-25(30)34-18-24(31)29-15-5-3-4-6-16-29/h7-14H,2-6,15-18H2,1H3. The molecule has 1 amide bonds. The number of likely N-dealkylation sites (tertiary alicyclic amines) is 1. The van der Waals surface area contributed by atoms with Gasteiger partial charge in [-0.05, 0) is 68.3 Å². The molecule has 0 N–H and O–H groups in total. The third kappa shape index (κ3) is 6.54. The van der Waals surface area contributed by atoms with Crippen LogP contribution in [-0.4, -0.2) is 51.0 Å². The van der Waals surface area contributed by atoms with Crippen LogP contribution < -0.4 is 9.47 Å². The number of ether oxygens (including phenoxy) is 2. The first kappa shape index (κ1) is 24.6. The molecule has 2 aromatic carbocycles. The Morgan fingerprint density at radius 3 is 2.26 bits per heavy atom. The van der Waals surface area contributed by atoms with Crippen molar-refractivity contribution in [2.45, 2.75) is 44.4 Å². The lowest BCUT2D eigenvalue weighted by molar-refractivity contribution is -0.128. The summed E-state index contributed by atoms with van der Waals surface area (Å²) in [6.45, 7) is 4.51. The normalized spacial score (nSPS) is 14.0. The monoisotopic (exact) mass is 544 g/mol. The fourth-order valence-corrected chi connectivity index (χ4v) is 4.96. The zero-order chi connectivity index (χ0) is 23.8. The maximum atomic E-state index is 12.8. The van der Waals surface area contributed by atoms with E-state index in [4.69, 9.17) is 9.47 Å². The van der Waals surface area contributed by atoms with Crippen molar-refractivity contribution >= 4 is 33.6 Å². The molecule has 1 saturated heterocycles. The molecule has 0 radical (unpaired) electrons. The van der Waals surface area contributed by atoms with Gasteiger partial charge in [-0.1, -0.05) is 40.5 Å². The van der Waals surface area contributed by atoms with Crippen LogP contribution in [0, 0.1) is 0 Å². The smallest absolute Gasteiger partial charge is 0.233 e. The molecule has 0 atom stereocenters. The summed E-state index contributed by atoms with van der Waals surface area (Å²) in [7, 11) is 0. The Kier molecular flexibility index (Phi) is 8.87. The molecule has 3 aromatic rings. The van der Waals surface area contributed by atoms with Gasteiger partial charge in [0.1, 0.15) is 18.1 Å². The van der Waals surface area contributed by atoms with Gasteiger partial charge < -0.3 is 14.4 Å². The van der Waals surface area contributed by atoms with Crippen LogP contribution in [0.1, 0.15) is 38.4 Å². The van der Waals surface area contributed by atoms with Crippen LogP contribution in [0.3, 0.4) is 0 Å². The van der Waals surface area contributed by atoms with E-state index < -0.39 is 0 Å². The number of amides is 1. The quantitative estimate of drug-likeness (QED) is 0.331. The SMILES string of the molecule is CCOc1ccc(-n2c(COc3ccc(Br)cc3)nnc2SCC(=O)N2CCCCCC2)cc1. The number of nitrogens with zero attached hydrogens (tertiary/aromatic N) is 4. The molecule has 0 spiro atoms. The van der Waals surface area contributed by atoms with Gasteiger partial charge in [0.2, 0.25) is 5.91 Å². The first-order chi connectivity index (χ1) is 16.6. The third-order valence-electron chi connectivity index (χ3n) is 5.57. The Hall–Kier alpha value is -2.52. The minimum atomic E-state index is 0.154. The van der Waals surface area contributed by atoms with Crippen molar-refractivity contribution in [1.82, 2.24) is 19.7 Å². The molecule has 0 saturated carbocycles. The van der Waals surface area contributed by atoms with Crippen molar-refractivity contribution in [2.24, 2.45) is 0 Å². The van der Waals surface area contributed by atoms with E-state index in [9.17, 15) is 4.79 Å². The summed E-state index contributed by atoms with van der Waals surface area (Å²) in [5.41, 5.74) is 0.896. The summed E-state index contributed by atoms with van der Waals surface area (Å²) in [5.74, 6) is 2.70. The molecule has 0 aliphatic carbocycles. The number of carbonyl (C=O) groups excluding carboxylic acids is 1. The van der Waals surface area contributed by atoms with Gasteiger partial charge in [0.15, 0.2) is 11.0 Å². The molecule has 7 nitrogen and oxygen atoms in total. The maximum absolute atomic E-state index is 12.8. The molecule has 1 aliphatic heterocycles. The second-order valence-corrected chi connectivity index (χ2v) is 9.85. The summed E-state index contributed by atoms with van der Waals surface area (Å²) in [6.07, 6.45) is 4.56. The summed E-state index contributed by atoms with van der Waals surface area (Å²) < 4.78 is 14.5. The van der Waals surface area contributed by atoms with E-state index in [1.807, 2.05) is 64.9 Å².